The minimum absolute atomic E-state index is 0.278. The second kappa shape index (κ2) is 10.8. The van der Waals surface area contributed by atoms with E-state index in [2.05, 4.69) is 42.7 Å². The normalized spacial score (nSPS) is 19.8. The Labute approximate surface area is 191 Å². The Morgan fingerprint density at radius 2 is 1.66 bits per heavy atom. The topological polar surface area (TPSA) is 98.2 Å². The molecule has 0 amide bonds. The number of aryl methyl sites for hydroxylation is 1. The van der Waals surface area contributed by atoms with Crippen LogP contribution in [-0.4, -0.2) is 57.2 Å². The monoisotopic (exact) mass is 439 g/mol. The molecule has 2 fully saturated rings. The summed E-state index contributed by atoms with van der Waals surface area (Å²) in [7, 11) is 0. The highest BCUT2D eigenvalue weighted by Crippen LogP contribution is 2.25. The second-order valence-corrected chi connectivity index (χ2v) is 9.12. The molecule has 4 N–H and O–H groups in total. The lowest BCUT2D eigenvalue weighted by Crippen LogP contribution is -2.35. The van der Waals surface area contributed by atoms with Crippen LogP contribution in [0.15, 0.2) is 18.2 Å². The summed E-state index contributed by atoms with van der Waals surface area (Å²) in [5.74, 6) is 2.65. The maximum absolute atomic E-state index is 9.81. The third kappa shape index (κ3) is 6.00. The molecule has 8 heteroatoms. The first-order valence-electron chi connectivity index (χ1n) is 12.1. The highest BCUT2D eigenvalue weighted by molar-refractivity contribution is 5.58. The Hall–Kier alpha value is -2.61. The maximum Gasteiger partial charge on any atom is 0.233 e. The van der Waals surface area contributed by atoms with Crippen molar-refractivity contribution in [3.63, 3.8) is 0 Å². The summed E-state index contributed by atoms with van der Waals surface area (Å²) in [6.07, 6.45) is 8.99. The summed E-state index contributed by atoms with van der Waals surface area (Å²) >= 11 is 0. The summed E-state index contributed by atoms with van der Waals surface area (Å²) in [4.78, 5) is 16.4. The molecule has 174 valence electrons. The summed E-state index contributed by atoms with van der Waals surface area (Å²) in [5, 5.41) is 20.0. The van der Waals surface area contributed by atoms with Crippen molar-refractivity contribution in [2.75, 3.05) is 42.1 Å². The van der Waals surface area contributed by atoms with E-state index in [0.717, 1.165) is 30.9 Å². The van der Waals surface area contributed by atoms with Crippen molar-refractivity contribution < 1.29 is 5.11 Å². The first-order chi connectivity index (χ1) is 15.6. The van der Waals surface area contributed by atoms with E-state index >= 15 is 0 Å². The van der Waals surface area contributed by atoms with Gasteiger partial charge >= 0.3 is 0 Å². The Kier molecular flexibility index (Phi) is 7.63. The van der Waals surface area contributed by atoms with Gasteiger partial charge in [0.25, 0.3) is 0 Å². The van der Waals surface area contributed by atoms with Gasteiger partial charge in [-0.1, -0.05) is 26.2 Å². The van der Waals surface area contributed by atoms with Crippen LogP contribution in [0, 0.1) is 12.8 Å². The fourth-order valence-electron chi connectivity index (χ4n) is 4.83. The molecule has 1 unspecified atom stereocenters. The van der Waals surface area contributed by atoms with Gasteiger partial charge in [-0.05, 0) is 75.4 Å². The fourth-order valence-corrected chi connectivity index (χ4v) is 4.83. The van der Waals surface area contributed by atoms with Crippen molar-refractivity contribution in [3.8, 4) is 5.75 Å². The van der Waals surface area contributed by atoms with Crippen LogP contribution in [0.1, 0.15) is 57.4 Å². The molecule has 4 rings (SSSR count). The number of hydrogen-bond donors (Lipinski definition) is 4. The number of phenols is 1. The zero-order valence-corrected chi connectivity index (χ0v) is 19.4. The molecule has 0 bridgehead atoms. The molecule has 1 aliphatic carbocycles. The van der Waals surface area contributed by atoms with E-state index in [4.69, 9.17) is 0 Å². The third-order valence-corrected chi connectivity index (χ3v) is 6.76. The summed E-state index contributed by atoms with van der Waals surface area (Å²) in [6.45, 7) is 8.06. The minimum atomic E-state index is 0.278. The number of phenolic OH excluding ortho intramolecular Hbond substituents is 1. The van der Waals surface area contributed by atoms with E-state index in [1.165, 1.54) is 51.5 Å². The molecule has 1 saturated heterocycles. The quantitative estimate of drug-likeness (QED) is 0.424. The lowest BCUT2D eigenvalue weighted by atomic mass is 9.89. The molecular weight excluding hydrogens is 402 g/mol. The number of nitrogens with zero attached hydrogens (tertiary/aromatic N) is 4. The van der Waals surface area contributed by atoms with Crippen LogP contribution in [0.4, 0.5) is 23.5 Å². The SMILES string of the molecule is CCN1CCCC1CNc1nc(NCC2CCCCC2)nc(Nc2ccc(O)c(C)c2)n1. The summed E-state index contributed by atoms with van der Waals surface area (Å²) < 4.78 is 0. The largest absolute Gasteiger partial charge is 0.508 e. The van der Waals surface area contributed by atoms with Gasteiger partial charge in [0, 0.05) is 24.8 Å². The van der Waals surface area contributed by atoms with E-state index in [1.54, 1.807) is 6.07 Å². The number of nitrogens with one attached hydrogen (secondary N) is 3. The van der Waals surface area contributed by atoms with Crippen molar-refractivity contribution in [2.24, 2.45) is 5.92 Å². The number of aromatic hydroxyl groups is 1. The predicted molar refractivity (Wildman–Crippen MR) is 130 cm³/mol. The zero-order chi connectivity index (χ0) is 22.3. The van der Waals surface area contributed by atoms with Gasteiger partial charge in [0.15, 0.2) is 0 Å². The lowest BCUT2D eigenvalue weighted by molar-refractivity contribution is 0.277. The van der Waals surface area contributed by atoms with Gasteiger partial charge in [-0.15, -0.1) is 0 Å². The molecule has 2 heterocycles. The van der Waals surface area contributed by atoms with Gasteiger partial charge in [0.2, 0.25) is 17.8 Å². The molecule has 2 aromatic rings. The van der Waals surface area contributed by atoms with E-state index in [9.17, 15) is 5.11 Å². The molecule has 1 aromatic carbocycles. The number of anilines is 4. The number of benzene rings is 1. The second-order valence-electron chi connectivity index (χ2n) is 9.12. The van der Waals surface area contributed by atoms with E-state index in [0.29, 0.717) is 29.8 Å². The van der Waals surface area contributed by atoms with Crippen LogP contribution in [-0.2, 0) is 0 Å². The molecule has 8 nitrogen and oxygen atoms in total. The van der Waals surface area contributed by atoms with Crippen LogP contribution >= 0.6 is 0 Å². The van der Waals surface area contributed by atoms with Gasteiger partial charge in [-0.2, -0.15) is 15.0 Å². The average Bonchev–Trinajstić information content (AvgIpc) is 3.27. The molecule has 1 aliphatic heterocycles. The van der Waals surface area contributed by atoms with Crippen molar-refractivity contribution >= 4 is 23.5 Å². The molecule has 0 spiro atoms. The minimum Gasteiger partial charge on any atom is -0.508 e. The zero-order valence-electron chi connectivity index (χ0n) is 19.4. The first-order valence-corrected chi connectivity index (χ1v) is 12.1. The number of likely N-dealkylation sites (N-methyl/N-ethyl adjacent to an activating group) is 1. The number of aromatic nitrogens is 3. The highest BCUT2D eigenvalue weighted by Gasteiger charge is 2.23. The van der Waals surface area contributed by atoms with E-state index in [1.807, 2.05) is 19.1 Å². The Bertz CT molecular complexity index is 885. The summed E-state index contributed by atoms with van der Waals surface area (Å²) in [5.41, 5.74) is 1.64. The van der Waals surface area contributed by atoms with Gasteiger partial charge in [-0.25, -0.2) is 0 Å². The number of rotatable bonds is 9. The van der Waals surface area contributed by atoms with Crippen molar-refractivity contribution in [1.29, 1.82) is 0 Å². The number of likely N-dealkylation sites (tertiary alicyclic amines) is 1. The van der Waals surface area contributed by atoms with Gasteiger partial charge in [0.05, 0.1) is 0 Å². The fraction of sp³-hybridized carbons (Fsp3) is 0.625. The molecule has 1 aromatic heterocycles. The molecule has 32 heavy (non-hydrogen) atoms. The molecular formula is C24H37N7O. The van der Waals surface area contributed by atoms with Crippen LogP contribution in [0.25, 0.3) is 0 Å². The highest BCUT2D eigenvalue weighted by atomic mass is 16.3. The number of hydrogen-bond acceptors (Lipinski definition) is 8. The third-order valence-electron chi connectivity index (χ3n) is 6.76. The standard InChI is InChI=1S/C24H37N7O/c1-3-31-13-7-10-20(31)16-26-23-28-22(25-15-18-8-5-4-6-9-18)29-24(30-23)27-19-11-12-21(32)17(2)14-19/h11-12,14,18,20,32H,3-10,13,15-16H2,1-2H3,(H3,25,26,27,28,29,30). The van der Waals surface area contributed by atoms with Crippen molar-refractivity contribution in [1.82, 2.24) is 19.9 Å². The lowest BCUT2D eigenvalue weighted by Gasteiger charge is -2.23. The van der Waals surface area contributed by atoms with Crippen LogP contribution in [0.3, 0.4) is 0 Å². The predicted octanol–water partition coefficient (Wildman–Crippen LogP) is 4.52. The van der Waals surface area contributed by atoms with E-state index < -0.39 is 0 Å². The maximum atomic E-state index is 9.81. The Morgan fingerprint density at radius 1 is 0.938 bits per heavy atom. The average molecular weight is 440 g/mol. The van der Waals surface area contributed by atoms with Gasteiger partial charge in [-0.3, -0.25) is 4.90 Å². The molecule has 1 saturated carbocycles. The molecule has 0 radical (unpaired) electrons. The van der Waals surface area contributed by atoms with Gasteiger partial charge < -0.3 is 21.1 Å². The van der Waals surface area contributed by atoms with Crippen LogP contribution in [0.5, 0.6) is 5.75 Å². The molecule has 1 atom stereocenters. The Morgan fingerprint density at radius 3 is 2.38 bits per heavy atom. The smallest absolute Gasteiger partial charge is 0.233 e. The molecule has 2 aliphatic rings. The van der Waals surface area contributed by atoms with Gasteiger partial charge in [0.1, 0.15) is 5.75 Å². The van der Waals surface area contributed by atoms with Crippen LogP contribution < -0.4 is 16.0 Å². The van der Waals surface area contributed by atoms with E-state index in [-0.39, 0.29) is 5.75 Å². The van der Waals surface area contributed by atoms with Crippen LogP contribution in [0.2, 0.25) is 0 Å². The summed E-state index contributed by atoms with van der Waals surface area (Å²) in [6, 6.07) is 5.91. The Balaban J connectivity index is 1.47. The van der Waals surface area contributed by atoms with Crippen molar-refractivity contribution in [2.45, 2.75) is 64.8 Å². The van der Waals surface area contributed by atoms with Crippen molar-refractivity contribution in [3.05, 3.63) is 23.8 Å². The first kappa shape index (κ1) is 22.6.